The van der Waals surface area contributed by atoms with Crippen LogP contribution in [0.3, 0.4) is 0 Å². The van der Waals surface area contributed by atoms with Gasteiger partial charge in [-0.25, -0.2) is 13.2 Å². The second-order valence-electron chi connectivity index (χ2n) is 11.8. The van der Waals surface area contributed by atoms with E-state index in [1.54, 1.807) is 44.2 Å². The van der Waals surface area contributed by atoms with Gasteiger partial charge in [-0.15, -0.1) is 0 Å². The van der Waals surface area contributed by atoms with Crippen molar-refractivity contribution in [3.05, 3.63) is 70.8 Å². The molecule has 0 aliphatic carbocycles. The molecule has 0 bridgehead atoms. The molecule has 2 atom stereocenters. The monoisotopic (exact) mass is 601 g/mol. The molecular weight excluding hydrogens is 562 g/mol. The number of aliphatic hydroxyl groups excluding tert-OH is 1. The average molecular weight is 602 g/mol. The van der Waals surface area contributed by atoms with Crippen LogP contribution in [0.2, 0.25) is 0 Å². The molecule has 1 N–H and O–H groups in total. The topological polar surface area (TPSA) is 144 Å². The van der Waals surface area contributed by atoms with Crippen LogP contribution >= 0.6 is 0 Å². The molecule has 2 aromatic carbocycles. The number of rotatable bonds is 14. The summed E-state index contributed by atoms with van der Waals surface area (Å²) < 4.78 is 29.5. The fourth-order valence-corrected chi connectivity index (χ4v) is 7.03. The number of carbonyl (C=O) groups excluding carboxylic acids is 4. The van der Waals surface area contributed by atoms with Crippen molar-refractivity contribution < 1.29 is 42.3 Å². The summed E-state index contributed by atoms with van der Waals surface area (Å²) in [6.45, 7) is 6.56. The molecule has 0 radical (unpaired) electrons. The first-order valence-electron chi connectivity index (χ1n) is 13.8. The number of fused-ring (bicyclic) bond motifs is 1. The number of hydrogen-bond acceptors (Lipinski definition) is 9. The highest BCUT2D eigenvalue weighted by Crippen LogP contribution is 2.36. The molecule has 3 rings (SSSR count). The third-order valence-corrected chi connectivity index (χ3v) is 9.66. The van der Waals surface area contributed by atoms with Gasteiger partial charge in [-0.05, 0) is 54.9 Å². The van der Waals surface area contributed by atoms with Crippen LogP contribution in [0.4, 0.5) is 0 Å². The van der Waals surface area contributed by atoms with Gasteiger partial charge in [0.15, 0.2) is 9.84 Å². The maximum atomic E-state index is 13.9. The lowest BCUT2D eigenvalue weighted by Crippen LogP contribution is -2.42. The largest absolute Gasteiger partial charge is 0.469 e. The molecule has 10 nitrogen and oxygen atoms in total. The lowest BCUT2D eigenvalue weighted by molar-refractivity contribution is -0.175. The number of ether oxygens (including phenoxy) is 1. The molecule has 1 unspecified atom stereocenters. The van der Waals surface area contributed by atoms with Crippen LogP contribution in [0.1, 0.15) is 78.8 Å². The Morgan fingerprint density at radius 3 is 2.17 bits per heavy atom. The number of hydrogen-bond donors (Lipinski definition) is 1. The summed E-state index contributed by atoms with van der Waals surface area (Å²) in [6, 6.07) is 13.3. The highest BCUT2D eigenvalue weighted by molar-refractivity contribution is 7.91. The molecule has 0 aromatic heterocycles. The van der Waals surface area contributed by atoms with Gasteiger partial charge < -0.3 is 14.7 Å². The quantitative estimate of drug-likeness (QED) is 0.253. The Morgan fingerprint density at radius 1 is 0.976 bits per heavy atom. The number of carbonyl (C=O) groups is 4. The number of hydroxylamine groups is 2. The molecule has 1 heterocycles. The van der Waals surface area contributed by atoms with E-state index in [9.17, 15) is 27.6 Å². The normalized spacial score (nSPS) is 15.6. The second kappa shape index (κ2) is 13.2. The molecule has 2 aromatic rings. The van der Waals surface area contributed by atoms with Crippen LogP contribution in [-0.2, 0) is 40.8 Å². The Labute approximate surface area is 246 Å². The number of aliphatic hydroxyl groups is 1. The van der Waals surface area contributed by atoms with E-state index in [2.05, 4.69) is 0 Å². The lowest BCUT2D eigenvalue weighted by atomic mass is 9.75. The van der Waals surface area contributed by atoms with Crippen molar-refractivity contribution in [2.45, 2.75) is 58.8 Å². The number of benzene rings is 2. The number of amides is 2. The van der Waals surface area contributed by atoms with E-state index < -0.39 is 51.0 Å². The van der Waals surface area contributed by atoms with Crippen molar-refractivity contribution in [2.75, 3.05) is 25.2 Å². The van der Waals surface area contributed by atoms with Gasteiger partial charge in [0.05, 0.1) is 47.7 Å². The molecule has 1 aliphatic rings. The molecule has 0 spiro atoms. The van der Waals surface area contributed by atoms with Crippen LogP contribution in [0.5, 0.6) is 0 Å². The zero-order valence-corrected chi connectivity index (χ0v) is 25.5. The van der Waals surface area contributed by atoms with Crippen LogP contribution < -0.4 is 0 Å². The lowest BCUT2D eigenvalue weighted by Gasteiger charge is -2.31. The van der Waals surface area contributed by atoms with Gasteiger partial charge in [-0.1, -0.05) is 68.7 Å². The summed E-state index contributed by atoms with van der Waals surface area (Å²) in [7, 11) is -2.15. The Hall–Kier alpha value is -3.57. The molecule has 0 saturated heterocycles. The number of esters is 1. The van der Waals surface area contributed by atoms with Crippen LogP contribution in [0.15, 0.2) is 48.5 Å². The first-order chi connectivity index (χ1) is 19.6. The summed E-state index contributed by atoms with van der Waals surface area (Å²) in [6.07, 6.45) is 1.43. The predicted molar refractivity (Wildman–Crippen MR) is 155 cm³/mol. The summed E-state index contributed by atoms with van der Waals surface area (Å²) in [5, 5.41) is 9.58. The first-order valence-corrected chi connectivity index (χ1v) is 15.6. The van der Waals surface area contributed by atoms with Gasteiger partial charge in [0, 0.05) is 0 Å². The van der Waals surface area contributed by atoms with Crippen molar-refractivity contribution >= 4 is 33.6 Å². The maximum Gasteiger partial charge on any atom is 0.343 e. The van der Waals surface area contributed by atoms with Gasteiger partial charge >= 0.3 is 11.9 Å². The van der Waals surface area contributed by atoms with E-state index in [-0.39, 0.29) is 35.0 Å². The molecule has 0 saturated carbocycles. The molecule has 42 heavy (non-hydrogen) atoms. The number of imide groups is 1. The highest BCUT2D eigenvalue weighted by atomic mass is 32.2. The average Bonchev–Trinajstić information content (AvgIpc) is 3.16. The van der Waals surface area contributed by atoms with E-state index in [0.29, 0.717) is 29.9 Å². The van der Waals surface area contributed by atoms with Gasteiger partial charge in [0.2, 0.25) is 0 Å². The standard InChI is InChI=1S/C31H39NO9S/c1-21(28(36)40-5)18-22-10-8-11-23(19-22)31(4,15-9-14-30(2,3)20-42(38,39)17-16-33)29(37)41-32-26(34)24-12-6-7-13-25(24)27(32)35/h6-8,10-13,19,21,33H,9,14-18,20H2,1-5H3/t21-,31?/m1/s1. The van der Waals surface area contributed by atoms with Crippen molar-refractivity contribution in [3.8, 4) is 0 Å². The summed E-state index contributed by atoms with van der Waals surface area (Å²) in [4.78, 5) is 57.2. The van der Waals surface area contributed by atoms with E-state index in [1.165, 1.54) is 19.2 Å². The zero-order chi connectivity index (χ0) is 31.3. The number of methoxy groups -OCH3 is 1. The van der Waals surface area contributed by atoms with Crippen LogP contribution in [0.25, 0.3) is 0 Å². The van der Waals surface area contributed by atoms with Crippen LogP contribution in [-0.4, -0.2) is 67.6 Å². The van der Waals surface area contributed by atoms with Crippen molar-refractivity contribution in [1.82, 2.24) is 5.06 Å². The minimum Gasteiger partial charge on any atom is -0.469 e. The van der Waals surface area contributed by atoms with Gasteiger partial charge in [-0.3, -0.25) is 14.4 Å². The zero-order valence-electron chi connectivity index (χ0n) is 24.7. The summed E-state index contributed by atoms with van der Waals surface area (Å²) in [5.74, 6) is -3.53. The molecule has 11 heteroatoms. The third kappa shape index (κ3) is 7.63. The molecule has 228 valence electrons. The predicted octanol–water partition coefficient (Wildman–Crippen LogP) is 3.65. The van der Waals surface area contributed by atoms with Gasteiger partial charge in [0.25, 0.3) is 11.8 Å². The Kier molecular flexibility index (Phi) is 10.3. The van der Waals surface area contributed by atoms with E-state index >= 15 is 0 Å². The number of nitrogens with zero attached hydrogens (tertiary/aromatic N) is 1. The van der Waals surface area contributed by atoms with E-state index in [0.717, 1.165) is 5.56 Å². The first kappa shape index (κ1) is 32.9. The minimum atomic E-state index is -3.47. The number of sulfone groups is 1. The third-order valence-electron chi connectivity index (χ3n) is 7.63. The Morgan fingerprint density at radius 2 is 1.60 bits per heavy atom. The fraction of sp³-hybridized carbons (Fsp3) is 0.484. The van der Waals surface area contributed by atoms with Crippen LogP contribution in [0, 0.1) is 11.3 Å². The molecule has 1 aliphatic heterocycles. The second-order valence-corrected chi connectivity index (χ2v) is 14.0. The highest BCUT2D eigenvalue weighted by Gasteiger charge is 2.44. The summed E-state index contributed by atoms with van der Waals surface area (Å²) in [5.41, 5.74) is -0.354. The van der Waals surface area contributed by atoms with Gasteiger partial charge in [0.1, 0.15) is 0 Å². The molecule has 2 amide bonds. The molecular formula is C31H39NO9S. The summed E-state index contributed by atoms with van der Waals surface area (Å²) >= 11 is 0. The SMILES string of the molecule is COC(=O)[C@H](C)Cc1cccc(C(C)(CCCC(C)(C)CS(=O)(=O)CCO)C(=O)ON2C(=O)c3ccccc3C2=O)c1. The Balaban J connectivity index is 1.89. The van der Waals surface area contributed by atoms with Gasteiger partial charge in [-0.2, -0.15) is 0 Å². The van der Waals surface area contributed by atoms with Crippen molar-refractivity contribution in [1.29, 1.82) is 0 Å². The van der Waals surface area contributed by atoms with E-state index in [1.807, 2.05) is 19.9 Å². The minimum absolute atomic E-state index is 0.127. The fourth-order valence-electron chi connectivity index (χ4n) is 5.28. The van der Waals surface area contributed by atoms with Crippen molar-refractivity contribution in [2.24, 2.45) is 11.3 Å². The maximum absolute atomic E-state index is 13.9. The van der Waals surface area contributed by atoms with Crippen molar-refractivity contribution in [3.63, 3.8) is 0 Å². The Bertz CT molecular complexity index is 1410. The molecule has 0 fully saturated rings. The van der Waals surface area contributed by atoms with E-state index in [4.69, 9.17) is 14.7 Å². The smallest absolute Gasteiger partial charge is 0.343 e.